The van der Waals surface area contributed by atoms with Crippen LogP contribution >= 0.6 is 0 Å². The fraction of sp³-hybridized carbons (Fsp3) is 0.556. The zero-order valence-electron chi connectivity index (χ0n) is 14.4. The monoisotopic (exact) mass is 346 g/mol. The molecule has 2 aromatic heterocycles. The van der Waals surface area contributed by atoms with Crippen molar-refractivity contribution >= 4 is 0 Å². The lowest BCUT2D eigenvalue weighted by atomic mass is 9.88. The number of aromatic nitrogens is 3. The van der Waals surface area contributed by atoms with Crippen molar-refractivity contribution in [3.63, 3.8) is 0 Å². The standard InChI is InChI=1S/C18H23FN4O2/c1-22-11-14(10-21-22)12-23-7-4-18(5-8-23)9-15(13-24-18)25-17-16(19)3-2-6-20-17/h2-3,6,10-11,15H,4-5,7-9,12-13H2,1H3/t15-/m0/s1. The summed E-state index contributed by atoms with van der Waals surface area (Å²) < 4.78 is 27.3. The van der Waals surface area contributed by atoms with E-state index in [0.29, 0.717) is 6.61 Å². The highest BCUT2D eigenvalue weighted by atomic mass is 19.1. The molecule has 0 aromatic carbocycles. The average Bonchev–Trinajstić information content (AvgIpc) is 3.19. The number of likely N-dealkylation sites (tertiary alicyclic amines) is 1. The first-order valence-electron chi connectivity index (χ1n) is 8.73. The van der Waals surface area contributed by atoms with Gasteiger partial charge in [0.25, 0.3) is 5.88 Å². The molecule has 7 heteroatoms. The number of ether oxygens (including phenoxy) is 2. The van der Waals surface area contributed by atoms with Gasteiger partial charge in [0.15, 0.2) is 5.82 Å². The molecule has 2 fully saturated rings. The molecule has 0 radical (unpaired) electrons. The Hall–Kier alpha value is -1.99. The summed E-state index contributed by atoms with van der Waals surface area (Å²) in [6, 6.07) is 2.93. The molecule has 0 bridgehead atoms. The van der Waals surface area contributed by atoms with Gasteiger partial charge in [-0.15, -0.1) is 0 Å². The number of halogens is 1. The number of rotatable bonds is 4. The predicted molar refractivity (Wildman–Crippen MR) is 89.6 cm³/mol. The molecule has 0 saturated carbocycles. The van der Waals surface area contributed by atoms with Crippen molar-refractivity contribution in [2.75, 3.05) is 19.7 Å². The molecular formula is C18H23FN4O2. The summed E-state index contributed by atoms with van der Waals surface area (Å²) in [6.07, 6.45) is 8.12. The zero-order valence-corrected chi connectivity index (χ0v) is 14.4. The highest BCUT2D eigenvalue weighted by Gasteiger charge is 2.43. The van der Waals surface area contributed by atoms with E-state index in [4.69, 9.17) is 9.47 Å². The van der Waals surface area contributed by atoms with E-state index in [1.165, 1.54) is 11.6 Å². The number of hydrogen-bond donors (Lipinski definition) is 0. The Labute approximate surface area is 146 Å². The van der Waals surface area contributed by atoms with Gasteiger partial charge in [0, 0.05) is 51.1 Å². The van der Waals surface area contributed by atoms with E-state index in [0.717, 1.165) is 38.9 Å². The summed E-state index contributed by atoms with van der Waals surface area (Å²) in [5, 5.41) is 4.22. The lowest BCUT2D eigenvalue weighted by Crippen LogP contribution is -2.44. The van der Waals surface area contributed by atoms with Crippen LogP contribution in [0.2, 0.25) is 0 Å². The van der Waals surface area contributed by atoms with E-state index in [-0.39, 0.29) is 17.6 Å². The van der Waals surface area contributed by atoms with Crippen LogP contribution in [0.1, 0.15) is 24.8 Å². The van der Waals surface area contributed by atoms with Gasteiger partial charge >= 0.3 is 0 Å². The zero-order chi connectivity index (χ0) is 17.3. The van der Waals surface area contributed by atoms with Crippen LogP contribution in [0.25, 0.3) is 0 Å². The maximum atomic E-state index is 13.7. The Morgan fingerprint density at radius 1 is 1.40 bits per heavy atom. The quantitative estimate of drug-likeness (QED) is 0.849. The molecule has 2 aliphatic rings. The van der Waals surface area contributed by atoms with Gasteiger partial charge in [-0.05, 0) is 25.0 Å². The molecule has 4 rings (SSSR count). The largest absolute Gasteiger partial charge is 0.470 e. The number of aryl methyl sites for hydroxylation is 1. The first-order valence-corrected chi connectivity index (χ1v) is 8.73. The molecule has 1 atom stereocenters. The number of pyridine rings is 1. The van der Waals surface area contributed by atoms with Crippen molar-refractivity contribution in [1.29, 1.82) is 0 Å². The summed E-state index contributed by atoms with van der Waals surface area (Å²) in [4.78, 5) is 6.40. The minimum absolute atomic E-state index is 0.0714. The van der Waals surface area contributed by atoms with Gasteiger partial charge in [-0.3, -0.25) is 9.58 Å². The molecule has 134 valence electrons. The highest BCUT2D eigenvalue weighted by Crippen LogP contribution is 2.37. The van der Waals surface area contributed by atoms with Gasteiger partial charge in [-0.25, -0.2) is 9.37 Å². The summed E-state index contributed by atoms with van der Waals surface area (Å²) in [7, 11) is 1.94. The van der Waals surface area contributed by atoms with Gasteiger partial charge in [-0.2, -0.15) is 5.10 Å². The third kappa shape index (κ3) is 3.67. The van der Waals surface area contributed by atoms with E-state index in [2.05, 4.69) is 21.2 Å². The van der Waals surface area contributed by atoms with Crippen LogP contribution < -0.4 is 4.74 Å². The second-order valence-electron chi connectivity index (χ2n) is 7.03. The van der Waals surface area contributed by atoms with Crippen molar-refractivity contribution in [2.45, 2.75) is 37.5 Å². The van der Waals surface area contributed by atoms with Gasteiger partial charge in [0.1, 0.15) is 6.10 Å². The lowest BCUT2D eigenvalue weighted by molar-refractivity contribution is -0.0455. The molecule has 0 aliphatic carbocycles. The Balaban J connectivity index is 1.30. The molecule has 2 aromatic rings. The maximum Gasteiger partial charge on any atom is 0.250 e. The van der Waals surface area contributed by atoms with Crippen LogP contribution in [0.3, 0.4) is 0 Å². The fourth-order valence-electron chi connectivity index (χ4n) is 3.77. The van der Waals surface area contributed by atoms with Crippen LogP contribution in [0, 0.1) is 5.82 Å². The second kappa shape index (κ2) is 6.72. The molecule has 0 amide bonds. The van der Waals surface area contributed by atoms with Crippen molar-refractivity contribution < 1.29 is 13.9 Å². The average molecular weight is 346 g/mol. The fourth-order valence-corrected chi connectivity index (χ4v) is 3.77. The summed E-state index contributed by atoms with van der Waals surface area (Å²) in [6.45, 7) is 3.39. The molecule has 0 unspecified atom stereocenters. The molecule has 2 aliphatic heterocycles. The smallest absolute Gasteiger partial charge is 0.250 e. The van der Waals surface area contributed by atoms with Gasteiger partial charge < -0.3 is 9.47 Å². The molecule has 4 heterocycles. The highest BCUT2D eigenvalue weighted by molar-refractivity contribution is 5.14. The van der Waals surface area contributed by atoms with Crippen molar-refractivity contribution in [1.82, 2.24) is 19.7 Å². The van der Waals surface area contributed by atoms with Crippen LogP contribution in [-0.2, 0) is 18.3 Å². The minimum Gasteiger partial charge on any atom is -0.470 e. The predicted octanol–water partition coefficient (Wildman–Crippen LogP) is 2.16. The second-order valence-corrected chi connectivity index (χ2v) is 7.03. The molecule has 0 N–H and O–H groups in total. The topological polar surface area (TPSA) is 52.4 Å². The van der Waals surface area contributed by atoms with E-state index in [1.54, 1.807) is 12.3 Å². The molecule has 6 nitrogen and oxygen atoms in total. The molecule has 25 heavy (non-hydrogen) atoms. The third-order valence-corrected chi connectivity index (χ3v) is 5.11. The first kappa shape index (κ1) is 16.5. The lowest BCUT2D eigenvalue weighted by Gasteiger charge is -2.38. The van der Waals surface area contributed by atoms with E-state index in [1.807, 2.05) is 17.9 Å². The maximum absolute atomic E-state index is 13.7. The normalized spacial score (nSPS) is 23.2. The van der Waals surface area contributed by atoms with Crippen molar-refractivity contribution in [2.24, 2.45) is 7.05 Å². The molecule has 2 saturated heterocycles. The third-order valence-electron chi connectivity index (χ3n) is 5.11. The van der Waals surface area contributed by atoms with Gasteiger partial charge in [-0.1, -0.05) is 0 Å². The SMILES string of the molecule is Cn1cc(CN2CCC3(CC2)C[C@H](Oc2ncccc2F)CO3)cn1. The van der Waals surface area contributed by atoms with E-state index < -0.39 is 5.82 Å². The molecular weight excluding hydrogens is 323 g/mol. The summed E-state index contributed by atoms with van der Waals surface area (Å²) in [5.74, 6) is -0.350. The van der Waals surface area contributed by atoms with Crippen LogP contribution in [0.15, 0.2) is 30.7 Å². The summed E-state index contributed by atoms with van der Waals surface area (Å²) in [5.41, 5.74) is 1.10. The van der Waals surface area contributed by atoms with Crippen molar-refractivity contribution in [3.8, 4) is 5.88 Å². The van der Waals surface area contributed by atoms with Crippen LogP contribution in [-0.4, -0.2) is 51.1 Å². The Morgan fingerprint density at radius 2 is 2.24 bits per heavy atom. The number of nitrogens with zero attached hydrogens (tertiary/aromatic N) is 4. The minimum atomic E-state index is -0.422. The number of hydrogen-bond acceptors (Lipinski definition) is 5. The summed E-state index contributed by atoms with van der Waals surface area (Å²) >= 11 is 0. The first-order chi connectivity index (χ1) is 12.1. The number of piperidine rings is 1. The van der Waals surface area contributed by atoms with Gasteiger partial charge in [0.05, 0.1) is 18.4 Å². The van der Waals surface area contributed by atoms with E-state index in [9.17, 15) is 4.39 Å². The Kier molecular flexibility index (Phi) is 4.43. The Bertz CT molecular complexity index is 727. The molecule has 1 spiro atoms. The Morgan fingerprint density at radius 3 is 2.96 bits per heavy atom. The van der Waals surface area contributed by atoms with Crippen LogP contribution in [0.5, 0.6) is 5.88 Å². The van der Waals surface area contributed by atoms with Gasteiger partial charge in [0.2, 0.25) is 0 Å². The van der Waals surface area contributed by atoms with Crippen LogP contribution in [0.4, 0.5) is 4.39 Å². The van der Waals surface area contributed by atoms with Crippen molar-refractivity contribution in [3.05, 3.63) is 42.1 Å². The van der Waals surface area contributed by atoms with E-state index >= 15 is 0 Å².